The predicted molar refractivity (Wildman–Crippen MR) is 111 cm³/mol. The molecule has 0 radical (unpaired) electrons. The quantitative estimate of drug-likeness (QED) is 0.474. The van der Waals surface area contributed by atoms with Crippen LogP contribution in [0.2, 0.25) is 0 Å². The molecule has 0 heterocycles. The van der Waals surface area contributed by atoms with Crippen LogP contribution < -0.4 is 5.32 Å². The van der Waals surface area contributed by atoms with Crippen LogP contribution in [0.15, 0.2) is 52.3 Å². The summed E-state index contributed by atoms with van der Waals surface area (Å²) in [7, 11) is 0. The number of halogens is 2. The molecule has 0 saturated heterocycles. The van der Waals surface area contributed by atoms with Crippen molar-refractivity contribution in [2.24, 2.45) is 0 Å². The lowest BCUT2D eigenvalue weighted by Gasteiger charge is -2.17. The van der Waals surface area contributed by atoms with E-state index in [9.17, 15) is 19.3 Å². The van der Waals surface area contributed by atoms with Crippen molar-refractivity contribution in [1.29, 1.82) is 0 Å². The maximum absolute atomic E-state index is 13.0. The Balaban J connectivity index is 0.00000392. The van der Waals surface area contributed by atoms with Crippen LogP contribution in [-0.2, 0) is 0 Å². The predicted octanol–water partition coefficient (Wildman–Crippen LogP) is 4.38. The maximum Gasteiger partial charge on any atom is 0.284 e. The van der Waals surface area contributed by atoms with Gasteiger partial charge in [0.05, 0.1) is 9.82 Å². The molecule has 0 saturated carbocycles. The molecule has 0 atom stereocenters. The number of nitro benzene ring substituents is 1. The van der Waals surface area contributed by atoms with Gasteiger partial charge in [0.1, 0.15) is 5.82 Å². The van der Waals surface area contributed by atoms with Gasteiger partial charge in [-0.15, -0.1) is 12.4 Å². The fraction of sp³-hybridized carbons (Fsp3) is 0.316. The molecule has 1 N–H and O–H groups in total. The van der Waals surface area contributed by atoms with Crippen molar-refractivity contribution in [3.05, 3.63) is 64.0 Å². The Morgan fingerprint density at radius 3 is 2.39 bits per heavy atom. The Kier molecular flexibility index (Phi) is 9.92. The molecule has 2 aromatic rings. The van der Waals surface area contributed by atoms with E-state index in [1.807, 2.05) is 13.8 Å². The summed E-state index contributed by atoms with van der Waals surface area (Å²) in [5.41, 5.74) is 0.0884. The van der Waals surface area contributed by atoms with E-state index in [1.54, 1.807) is 24.3 Å². The topological polar surface area (TPSA) is 75.5 Å². The van der Waals surface area contributed by atoms with Crippen molar-refractivity contribution in [1.82, 2.24) is 10.2 Å². The molecule has 2 aromatic carbocycles. The van der Waals surface area contributed by atoms with E-state index in [2.05, 4.69) is 10.2 Å². The van der Waals surface area contributed by atoms with Crippen LogP contribution in [-0.4, -0.2) is 41.9 Å². The number of hydrogen-bond donors (Lipinski definition) is 1. The fourth-order valence-electron chi connectivity index (χ4n) is 2.49. The van der Waals surface area contributed by atoms with Crippen LogP contribution in [0.3, 0.4) is 0 Å². The summed E-state index contributed by atoms with van der Waals surface area (Å²) in [6.45, 7) is 7.08. The third kappa shape index (κ3) is 6.78. The monoisotopic (exact) mass is 427 g/mol. The Hall–Kier alpha value is -2.16. The molecule has 2 rings (SSSR count). The van der Waals surface area contributed by atoms with Crippen LogP contribution in [0.4, 0.5) is 10.1 Å². The first-order chi connectivity index (χ1) is 12.9. The van der Waals surface area contributed by atoms with Gasteiger partial charge in [-0.05, 0) is 49.5 Å². The first kappa shape index (κ1) is 23.9. The lowest BCUT2D eigenvalue weighted by atomic mass is 10.2. The van der Waals surface area contributed by atoms with E-state index in [4.69, 9.17) is 0 Å². The number of nitrogens with one attached hydrogen (secondary N) is 1. The van der Waals surface area contributed by atoms with Crippen LogP contribution in [0.1, 0.15) is 24.2 Å². The molecule has 0 aromatic heterocycles. The zero-order valence-corrected chi connectivity index (χ0v) is 17.3. The molecule has 152 valence electrons. The van der Waals surface area contributed by atoms with E-state index in [-0.39, 0.29) is 35.4 Å². The summed E-state index contributed by atoms with van der Waals surface area (Å²) in [6, 6.07) is 10.1. The smallest absolute Gasteiger partial charge is 0.284 e. The van der Waals surface area contributed by atoms with Crippen molar-refractivity contribution in [3.8, 4) is 0 Å². The molecule has 6 nitrogen and oxygen atoms in total. The summed E-state index contributed by atoms with van der Waals surface area (Å²) in [5.74, 6) is -0.714. The maximum atomic E-state index is 13.0. The second-order valence-corrected chi connectivity index (χ2v) is 6.89. The molecule has 28 heavy (non-hydrogen) atoms. The van der Waals surface area contributed by atoms with Gasteiger partial charge >= 0.3 is 0 Å². The second-order valence-electron chi connectivity index (χ2n) is 5.78. The van der Waals surface area contributed by atoms with Gasteiger partial charge in [0.2, 0.25) is 0 Å². The summed E-state index contributed by atoms with van der Waals surface area (Å²) >= 11 is 1.15. The number of carbonyl (C=O) groups is 1. The molecular formula is C19H23ClFN3O3S. The number of likely N-dealkylation sites (N-methyl/N-ethyl adjacent to an activating group) is 1. The van der Waals surface area contributed by atoms with Crippen LogP contribution in [0, 0.1) is 15.9 Å². The van der Waals surface area contributed by atoms with Crippen molar-refractivity contribution in [2.75, 3.05) is 26.2 Å². The minimum absolute atomic E-state index is 0. The number of benzene rings is 2. The number of rotatable bonds is 9. The molecule has 0 aliphatic carbocycles. The fourth-order valence-corrected chi connectivity index (χ4v) is 3.39. The average Bonchev–Trinajstić information content (AvgIpc) is 2.67. The SMILES string of the molecule is CCN(CC)CCNC(=O)c1ccc(Sc2ccc(F)cc2)c([N+](=O)[O-])c1.Cl. The molecule has 0 fully saturated rings. The van der Waals surface area contributed by atoms with Crippen LogP contribution >= 0.6 is 24.2 Å². The number of carbonyl (C=O) groups excluding carboxylic acids is 1. The molecule has 1 amide bonds. The number of amides is 1. The summed E-state index contributed by atoms with van der Waals surface area (Å²) in [6.07, 6.45) is 0. The van der Waals surface area contributed by atoms with E-state index < -0.39 is 4.92 Å². The van der Waals surface area contributed by atoms with Crippen molar-refractivity contribution in [2.45, 2.75) is 23.6 Å². The van der Waals surface area contributed by atoms with Gasteiger partial charge in [0.25, 0.3) is 11.6 Å². The minimum Gasteiger partial charge on any atom is -0.351 e. The standard InChI is InChI=1S/C19H22FN3O3S.ClH/c1-3-22(4-2)12-11-21-19(24)14-5-10-18(17(13-14)23(25)26)27-16-8-6-15(20)7-9-16;/h5-10,13H,3-4,11-12H2,1-2H3,(H,21,24);1H. The average molecular weight is 428 g/mol. The highest BCUT2D eigenvalue weighted by Gasteiger charge is 2.18. The highest BCUT2D eigenvalue weighted by molar-refractivity contribution is 7.99. The van der Waals surface area contributed by atoms with Gasteiger partial charge in [-0.25, -0.2) is 4.39 Å². The largest absolute Gasteiger partial charge is 0.351 e. The van der Waals surface area contributed by atoms with Gasteiger partial charge in [0.15, 0.2) is 0 Å². The Morgan fingerprint density at radius 2 is 1.82 bits per heavy atom. The highest BCUT2D eigenvalue weighted by atomic mass is 35.5. The Morgan fingerprint density at radius 1 is 1.18 bits per heavy atom. The van der Waals surface area contributed by atoms with Gasteiger partial charge in [-0.2, -0.15) is 0 Å². The van der Waals surface area contributed by atoms with E-state index in [0.717, 1.165) is 31.4 Å². The van der Waals surface area contributed by atoms with Crippen LogP contribution in [0.5, 0.6) is 0 Å². The third-order valence-electron chi connectivity index (χ3n) is 4.07. The van der Waals surface area contributed by atoms with E-state index in [1.165, 1.54) is 18.2 Å². The minimum atomic E-state index is -0.515. The summed E-state index contributed by atoms with van der Waals surface area (Å²) in [5, 5.41) is 14.2. The molecular weight excluding hydrogens is 405 g/mol. The molecule has 0 bridgehead atoms. The van der Waals surface area contributed by atoms with Crippen molar-refractivity contribution < 1.29 is 14.1 Å². The van der Waals surface area contributed by atoms with Gasteiger partial charge in [-0.1, -0.05) is 25.6 Å². The first-order valence-corrected chi connectivity index (χ1v) is 9.48. The summed E-state index contributed by atoms with van der Waals surface area (Å²) < 4.78 is 13.0. The van der Waals surface area contributed by atoms with Gasteiger partial charge in [0, 0.05) is 29.6 Å². The normalized spacial score (nSPS) is 10.4. The van der Waals surface area contributed by atoms with E-state index >= 15 is 0 Å². The molecule has 0 spiro atoms. The lowest BCUT2D eigenvalue weighted by Crippen LogP contribution is -2.34. The lowest BCUT2D eigenvalue weighted by molar-refractivity contribution is -0.387. The van der Waals surface area contributed by atoms with Crippen LogP contribution in [0.25, 0.3) is 0 Å². The number of nitrogens with zero attached hydrogens (tertiary/aromatic N) is 2. The van der Waals surface area contributed by atoms with Gasteiger partial charge < -0.3 is 10.2 Å². The molecule has 0 aliphatic rings. The third-order valence-corrected chi connectivity index (χ3v) is 5.14. The Labute approximate surface area is 174 Å². The molecule has 0 aliphatic heterocycles. The zero-order valence-electron chi connectivity index (χ0n) is 15.7. The molecule has 9 heteroatoms. The molecule has 0 unspecified atom stereocenters. The zero-order chi connectivity index (χ0) is 19.8. The van der Waals surface area contributed by atoms with Crippen molar-refractivity contribution >= 4 is 35.8 Å². The highest BCUT2D eigenvalue weighted by Crippen LogP contribution is 2.35. The number of hydrogen-bond acceptors (Lipinski definition) is 5. The number of nitro groups is 1. The Bertz CT molecular complexity index is 802. The second kappa shape index (κ2) is 11.6. The van der Waals surface area contributed by atoms with E-state index in [0.29, 0.717) is 16.3 Å². The first-order valence-electron chi connectivity index (χ1n) is 8.67. The summed E-state index contributed by atoms with van der Waals surface area (Å²) in [4.78, 5) is 26.4. The van der Waals surface area contributed by atoms with Crippen molar-refractivity contribution in [3.63, 3.8) is 0 Å². The van der Waals surface area contributed by atoms with Gasteiger partial charge in [-0.3, -0.25) is 14.9 Å².